The standard InChI is InChI=1S/C15H19NO2/c1-10(2)6-7-16-15(17)14-9-12-5-4-11(3)8-13(12)18-14/h4-5,8-10H,6-7H2,1-3H3,(H,16,17). The van der Waals surface area contributed by atoms with E-state index in [-0.39, 0.29) is 5.91 Å². The maximum absolute atomic E-state index is 11.9. The molecule has 1 N–H and O–H groups in total. The first-order valence-corrected chi connectivity index (χ1v) is 6.34. The van der Waals surface area contributed by atoms with Gasteiger partial charge in [0.25, 0.3) is 5.91 Å². The van der Waals surface area contributed by atoms with Crippen LogP contribution in [0.25, 0.3) is 11.0 Å². The minimum Gasteiger partial charge on any atom is -0.451 e. The fourth-order valence-electron chi connectivity index (χ4n) is 1.81. The average Bonchev–Trinajstić information content (AvgIpc) is 2.71. The highest BCUT2D eigenvalue weighted by molar-refractivity contribution is 5.96. The SMILES string of the molecule is Cc1ccc2cc(C(=O)NCCC(C)C)oc2c1. The number of nitrogens with one attached hydrogen (secondary N) is 1. The molecule has 1 aromatic heterocycles. The van der Waals surface area contributed by atoms with Crippen LogP contribution in [0.4, 0.5) is 0 Å². The molecule has 0 spiro atoms. The molecule has 1 aromatic carbocycles. The number of hydrogen-bond donors (Lipinski definition) is 1. The molecule has 0 bridgehead atoms. The van der Waals surface area contributed by atoms with Gasteiger partial charge in [0, 0.05) is 11.9 Å². The van der Waals surface area contributed by atoms with E-state index in [0.717, 1.165) is 23.0 Å². The lowest BCUT2D eigenvalue weighted by Gasteiger charge is -2.04. The number of furan rings is 1. The zero-order valence-corrected chi connectivity index (χ0v) is 11.1. The van der Waals surface area contributed by atoms with Gasteiger partial charge in [0.1, 0.15) is 5.58 Å². The molecule has 0 unspecified atom stereocenters. The Morgan fingerprint density at radius 1 is 1.33 bits per heavy atom. The van der Waals surface area contributed by atoms with E-state index in [2.05, 4.69) is 19.2 Å². The number of fused-ring (bicyclic) bond motifs is 1. The first-order valence-electron chi connectivity index (χ1n) is 6.34. The van der Waals surface area contributed by atoms with Crippen LogP contribution in [0.2, 0.25) is 0 Å². The summed E-state index contributed by atoms with van der Waals surface area (Å²) in [6, 6.07) is 7.72. The van der Waals surface area contributed by atoms with Crippen LogP contribution in [0, 0.1) is 12.8 Å². The largest absolute Gasteiger partial charge is 0.451 e. The Morgan fingerprint density at radius 2 is 2.11 bits per heavy atom. The Kier molecular flexibility index (Phi) is 3.70. The summed E-state index contributed by atoms with van der Waals surface area (Å²) in [4.78, 5) is 11.9. The van der Waals surface area contributed by atoms with Crippen molar-refractivity contribution < 1.29 is 9.21 Å². The number of amides is 1. The highest BCUT2D eigenvalue weighted by Gasteiger charge is 2.11. The van der Waals surface area contributed by atoms with Crippen LogP contribution in [-0.4, -0.2) is 12.5 Å². The quantitative estimate of drug-likeness (QED) is 0.895. The van der Waals surface area contributed by atoms with Gasteiger partial charge in [-0.3, -0.25) is 4.79 Å². The van der Waals surface area contributed by atoms with E-state index in [1.807, 2.05) is 25.1 Å². The van der Waals surface area contributed by atoms with Gasteiger partial charge >= 0.3 is 0 Å². The molecule has 0 aliphatic rings. The van der Waals surface area contributed by atoms with Crippen molar-refractivity contribution in [3.63, 3.8) is 0 Å². The second kappa shape index (κ2) is 5.25. The van der Waals surface area contributed by atoms with Gasteiger partial charge in [-0.1, -0.05) is 26.0 Å². The second-order valence-electron chi connectivity index (χ2n) is 5.09. The third-order valence-corrected chi connectivity index (χ3v) is 2.91. The molecule has 2 rings (SSSR count). The maximum Gasteiger partial charge on any atom is 0.287 e. The third-order valence-electron chi connectivity index (χ3n) is 2.91. The van der Waals surface area contributed by atoms with Gasteiger partial charge in [0.15, 0.2) is 5.76 Å². The van der Waals surface area contributed by atoms with Crippen molar-refractivity contribution >= 4 is 16.9 Å². The summed E-state index contributed by atoms with van der Waals surface area (Å²) < 4.78 is 5.56. The van der Waals surface area contributed by atoms with Gasteiger partial charge in [0.2, 0.25) is 0 Å². The second-order valence-corrected chi connectivity index (χ2v) is 5.09. The minimum absolute atomic E-state index is 0.135. The van der Waals surface area contributed by atoms with E-state index in [1.165, 1.54) is 0 Å². The van der Waals surface area contributed by atoms with Crippen molar-refractivity contribution in [1.82, 2.24) is 5.32 Å². The van der Waals surface area contributed by atoms with Crippen molar-refractivity contribution in [3.8, 4) is 0 Å². The van der Waals surface area contributed by atoms with Gasteiger partial charge in [0.05, 0.1) is 0 Å². The van der Waals surface area contributed by atoms with Crippen molar-refractivity contribution in [3.05, 3.63) is 35.6 Å². The lowest BCUT2D eigenvalue weighted by Crippen LogP contribution is -2.24. The number of carbonyl (C=O) groups is 1. The lowest BCUT2D eigenvalue weighted by molar-refractivity contribution is 0.0926. The number of aryl methyl sites for hydroxylation is 1. The van der Waals surface area contributed by atoms with E-state index in [4.69, 9.17) is 4.42 Å². The summed E-state index contributed by atoms with van der Waals surface area (Å²) in [5.74, 6) is 0.840. The van der Waals surface area contributed by atoms with Crippen LogP contribution in [0.3, 0.4) is 0 Å². The summed E-state index contributed by atoms with van der Waals surface area (Å²) in [6.45, 7) is 6.96. The van der Waals surface area contributed by atoms with Gasteiger partial charge in [-0.15, -0.1) is 0 Å². The number of hydrogen-bond acceptors (Lipinski definition) is 2. The predicted molar refractivity (Wildman–Crippen MR) is 72.7 cm³/mol. The van der Waals surface area contributed by atoms with Gasteiger partial charge in [-0.25, -0.2) is 0 Å². The molecule has 3 heteroatoms. The average molecular weight is 245 g/mol. The summed E-state index contributed by atoms with van der Waals surface area (Å²) in [7, 11) is 0. The van der Waals surface area contributed by atoms with Gasteiger partial charge < -0.3 is 9.73 Å². The number of rotatable bonds is 4. The van der Waals surface area contributed by atoms with Crippen molar-refractivity contribution in [2.45, 2.75) is 27.2 Å². The fraction of sp³-hybridized carbons (Fsp3) is 0.400. The van der Waals surface area contributed by atoms with Crippen LogP contribution in [0.1, 0.15) is 36.4 Å². The predicted octanol–water partition coefficient (Wildman–Crippen LogP) is 3.52. The Balaban J connectivity index is 2.08. The summed E-state index contributed by atoms with van der Waals surface area (Å²) in [5.41, 5.74) is 1.90. The molecule has 0 aliphatic heterocycles. The number of carbonyl (C=O) groups excluding carboxylic acids is 1. The van der Waals surface area contributed by atoms with Crippen LogP contribution < -0.4 is 5.32 Å². The van der Waals surface area contributed by atoms with Crippen LogP contribution in [-0.2, 0) is 0 Å². The first kappa shape index (κ1) is 12.7. The molecule has 1 heterocycles. The Hall–Kier alpha value is -1.77. The molecule has 18 heavy (non-hydrogen) atoms. The summed E-state index contributed by atoms with van der Waals surface area (Å²) in [6.07, 6.45) is 0.977. The molecule has 0 aliphatic carbocycles. The molecule has 0 atom stereocenters. The smallest absolute Gasteiger partial charge is 0.287 e. The molecule has 96 valence electrons. The van der Waals surface area contributed by atoms with E-state index >= 15 is 0 Å². The summed E-state index contributed by atoms with van der Waals surface area (Å²) >= 11 is 0. The van der Waals surface area contributed by atoms with Crippen LogP contribution >= 0.6 is 0 Å². The minimum atomic E-state index is -0.135. The highest BCUT2D eigenvalue weighted by Crippen LogP contribution is 2.20. The molecule has 0 saturated heterocycles. The topological polar surface area (TPSA) is 42.2 Å². The lowest BCUT2D eigenvalue weighted by atomic mass is 10.1. The Morgan fingerprint density at radius 3 is 2.83 bits per heavy atom. The molecule has 1 amide bonds. The monoisotopic (exact) mass is 245 g/mol. The van der Waals surface area contributed by atoms with Gasteiger partial charge in [-0.05, 0) is 37.0 Å². The van der Waals surface area contributed by atoms with Crippen molar-refractivity contribution in [2.75, 3.05) is 6.54 Å². The maximum atomic E-state index is 11.9. The molecular weight excluding hydrogens is 226 g/mol. The van der Waals surface area contributed by atoms with Crippen LogP contribution in [0.15, 0.2) is 28.7 Å². The van der Waals surface area contributed by atoms with Crippen molar-refractivity contribution in [1.29, 1.82) is 0 Å². The molecular formula is C15H19NO2. The first-order chi connectivity index (χ1) is 8.56. The molecule has 3 nitrogen and oxygen atoms in total. The van der Waals surface area contributed by atoms with Crippen molar-refractivity contribution in [2.24, 2.45) is 5.92 Å². The summed E-state index contributed by atoms with van der Waals surface area (Å²) in [5, 5.41) is 3.84. The fourth-order valence-corrected chi connectivity index (χ4v) is 1.81. The Labute approximate surface area is 107 Å². The molecule has 0 fully saturated rings. The Bertz CT molecular complexity index is 555. The van der Waals surface area contributed by atoms with E-state index in [0.29, 0.717) is 18.2 Å². The molecule has 2 aromatic rings. The normalized spacial score (nSPS) is 11.1. The van der Waals surface area contributed by atoms with E-state index in [1.54, 1.807) is 6.07 Å². The van der Waals surface area contributed by atoms with E-state index < -0.39 is 0 Å². The molecule has 0 saturated carbocycles. The van der Waals surface area contributed by atoms with Gasteiger partial charge in [-0.2, -0.15) is 0 Å². The zero-order chi connectivity index (χ0) is 13.1. The van der Waals surface area contributed by atoms with E-state index in [9.17, 15) is 4.79 Å². The third kappa shape index (κ3) is 2.92. The highest BCUT2D eigenvalue weighted by atomic mass is 16.3. The number of benzene rings is 1. The molecule has 0 radical (unpaired) electrons. The zero-order valence-electron chi connectivity index (χ0n) is 11.1. The van der Waals surface area contributed by atoms with Crippen LogP contribution in [0.5, 0.6) is 0 Å².